The maximum Gasteiger partial charge on any atom is 0.317 e. The van der Waals surface area contributed by atoms with Crippen LogP contribution in [0.2, 0.25) is 0 Å². The van der Waals surface area contributed by atoms with Gasteiger partial charge in [-0.1, -0.05) is 17.3 Å². The SMILES string of the molecule is COc1cccc([C@H]2CCCCN2C(=O)NCCc2noc(CO)n2)c1. The first kappa shape index (κ1) is 18.2. The molecule has 8 nitrogen and oxygen atoms in total. The summed E-state index contributed by atoms with van der Waals surface area (Å²) >= 11 is 0. The van der Waals surface area contributed by atoms with Gasteiger partial charge >= 0.3 is 6.03 Å². The number of piperidine rings is 1. The Morgan fingerprint density at radius 1 is 1.46 bits per heavy atom. The molecule has 2 amide bonds. The van der Waals surface area contributed by atoms with Gasteiger partial charge in [0.05, 0.1) is 13.2 Å². The summed E-state index contributed by atoms with van der Waals surface area (Å²) in [6.07, 6.45) is 3.48. The van der Waals surface area contributed by atoms with Gasteiger partial charge in [-0.15, -0.1) is 0 Å². The fraction of sp³-hybridized carbons (Fsp3) is 0.500. The standard InChI is InChI=1S/C18H24N4O4/c1-25-14-6-4-5-13(11-14)15-7-2-3-10-22(15)18(24)19-9-8-16-20-17(12-23)26-21-16/h4-6,11,15,23H,2-3,7-10,12H2,1H3,(H,19,24)/t15-/m1/s1. The van der Waals surface area contributed by atoms with Crippen molar-refractivity contribution < 1.29 is 19.2 Å². The second kappa shape index (κ2) is 8.66. The Morgan fingerprint density at radius 2 is 2.35 bits per heavy atom. The molecule has 26 heavy (non-hydrogen) atoms. The van der Waals surface area contributed by atoms with Crippen LogP contribution in [0.5, 0.6) is 5.75 Å². The van der Waals surface area contributed by atoms with Crippen molar-refractivity contribution in [2.75, 3.05) is 20.2 Å². The van der Waals surface area contributed by atoms with E-state index in [0.717, 1.165) is 37.1 Å². The average Bonchev–Trinajstić information content (AvgIpc) is 3.16. The molecule has 2 aromatic rings. The van der Waals surface area contributed by atoms with Crippen LogP contribution in [0.3, 0.4) is 0 Å². The highest BCUT2D eigenvalue weighted by atomic mass is 16.5. The lowest BCUT2D eigenvalue weighted by Crippen LogP contribution is -2.45. The number of carbonyl (C=O) groups is 1. The maximum absolute atomic E-state index is 12.7. The number of amides is 2. The molecule has 2 heterocycles. The summed E-state index contributed by atoms with van der Waals surface area (Å²) < 4.78 is 10.1. The quantitative estimate of drug-likeness (QED) is 0.818. The first-order chi connectivity index (χ1) is 12.7. The van der Waals surface area contributed by atoms with E-state index in [1.54, 1.807) is 7.11 Å². The lowest BCUT2D eigenvalue weighted by molar-refractivity contribution is 0.151. The number of nitrogens with zero attached hydrogens (tertiary/aromatic N) is 3. The van der Waals surface area contributed by atoms with E-state index in [0.29, 0.717) is 18.8 Å². The molecule has 3 rings (SSSR count). The highest BCUT2D eigenvalue weighted by Gasteiger charge is 2.28. The number of likely N-dealkylation sites (tertiary alicyclic amines) is 1. The van der Waals surface area contributed by atoms with Gasteiger partial charge in [-0.2, -0.15) is 4.98 Å². The molecule has 0 unspecified atom stereocenters. The predicted molar refractivity (Wildman–Crippen MR) is 93.6 cm³/mol. The summed E-state index contributed by atoms with van der Waals surface area (Å²) in [5, 5.41) is 15.6. The van der Waals surface area contributed by atoms with Gasteiger partial charge in [-0.3, -0.25) is 0 Å². The smallest absolute Gasteiger partial charge is 0.317 e. The topological polar surface area (TPSA) is 101 Å². The number of rotatable bonds is 6. The van der Waals surface area contributed by atoms with Gasteiger partial charge in [0, 0.05) is 19.5 Å². The molecule has 0 aliphatic carbocycles. The Labute approximate surface area is 152 Å². The number of aromatic nitrogens is 2. The van der Waals surface area contributed by atoms with E-state index in [2.05, 4.69) is 15.5 Å². The summed E-state index contributed by atoms with van der Waals surface area (Å²) in [7, 11) is 1.64. The van der Waals surface area contributed by atoms with Crippen molar-refractivity contribution >= 4 is 6.03 Å². The summed E-state index contributed by atoms with van der Waals surface area (Å²) in [6, 6.07) is 7.84. The van der Waals surface area contributed by atoms with Gasteiger partial charge in [0.15, 0.2) is 5.82 Å². The zero-order valence-corrected chi connectivity index (χ0v) is 14.9. The summed E-state index contributed by atoms with van der Waals surface area (Å²) in [5.41, 5.74) is 1.09. The van der Waals surface area contributed by atoms with E-state index >= 15 is 0 Å². The van der Waals surface area contributed by atoms with E-state index in [1.807, 2.05) is 29.2 Å². The normalized spacial score (nSPS) is 17.2. The number of carbonyl (C=O) groups excluding carboxylic acids is 1. The van der Waals surface area contributed by atoms with Crippen molar-refractivity contribution in [3.63, 3.8) is 0 Å². The summed E-state index contributed by atoms with van der Waals surface area (Å²) in [4.78, 5) is 18.6. The van der Waals surface area contributed by atoms with Gasteiger partial charge in [0.1, 0.15) is 12.4 Å². The number of hydrogen-bond acceptors (Lipinski definition) is 6. The van der Waals surface area contributed by atoms with Crippen molar-refractivity contribution in [1.29, 1.82) is 0 Å². The van der Waals surface area contributed by atoms with Crippen molar-refractivity contribution in [2.24, 2.45) is 0 Å². The third kappa shape index (κ3) is 4.32. The number of aliphatic hydroxyl groups excluding tert-OH is 1. The monoisotopic (exact) mass is 360 g/mol. The fourth-order valence-corrected chi connectivity index (χ4v) is 3.21. The molecule has 1 aromatic carbocycles. The zero-order valence-electron chi connectivity index (χ0n) is 14.9. The molecule has 2 N–H and O–H groups in total. The van der Waals surface area contributed by atoms with Crippen LogP contribution in [-0.2, 0) is 13.0 Å². The van der Waals surface area contributed by atoms with E-state index in [1.165, 1.54) is 0 Å². The molecule has 1 fully saturated rings. The molecular weight excluding hydrogens is 336 g/mol. The molecule has 0 saturated carbocycles. The Kier molecular flexibility index (Phi) is 6.06. The summed E-state index contributed by atoms with van der Waals surface area (Å²) in [5.74, 6) is 1.45. The van der Waals surface area contributed by atoms with Crippen LogP contribution in [-0.4, -0.2) is 46.4 Å². The molecule has 1 aromatic heterocycles. The molecule has 0 bridgehead atoms. The highest BCUT2D eigenvalue weighted by Crippen LogP contribution is 2.32. The first-order valence-corrected chi connectivity index (χ1v) is 8.82. The van der Waals surface area contributed by atoms with Gasteiger partial charge in [0.2, 0.25) is 0 Å². The van der Waals surface area contributed by atoms with Gasteiger partial charge in [-0.05, 0) is 37.0 Å². The van der Waals surface area contributed by atoms with Gasteiger partial charge in [-0.25, -0.2) is 4.79 Å². The number of benzene rings is 1. The number of urea groups is 1. The highest BCUT2D eigenvalue weighted by molar-refractivity contribution is 5.75. The van der Waals surface area contributed by atoms with E-state index in [4.69, 9.17) is 14.4 Å². The van der Waals surface area contributed by atoms with Crippen molar-refractivity contribution in [3.05, 3.63) is 41.5 Å². The molecule has 0 radical (unpaired) electrons. The molecule has 1 aliphatic heterocycles. The Balaban J connectivity index is 1.60. The minimum atomic E-state index is -0.282. The summed E-state index contributed by atoms with van der Waals surface area (Å²) in [6.45, 7) is 0.852. The largest absolute Gasteiger partial charge is 0.497 e. The third-order valence-electron chi connectivity index (χ3n) is 4.51. The molecule has 0 spiro atoms. The number of hydrogen-bond donors (Lipinski definition) is 2. The molecule has 1 aliphatic rings. The second-order valence-corrected chi connectivity index (χ2v) is 6.23. The lowest BCUT2D eigenvalue weighted by atomic mass is 9.95. The minimum Gasteiger partial charge on any atom is -0.497 e. The number of aliphatic hydroxyl groups is 1. The second-order valence-electron chi connectivity index (χ2n) is 6.23. The average molecular weight is 360 g/mol. The van der Waals surface area contributed by atoms with Crippen LogP contribution >= 0.6 is 0 Å². The van der Waals surface area contributed by atoms with Crippen molar-refractivity contribution in [2.45, 2.75) is 38.3 Å². The Morgan fingerprint density at radius 3 is 3.12 bits per heavy atom. The van der Waals surface area contributed by atoms with Crippen LogP contribution < -0.4 is 10.1 Å². The predicted octanol–water partition coefficient (Wildman–Crippen LogP) is 2.05. The van der Waals surface area contributed by atoms with Gasteiger partial charge in [0.25, 0.3) is 5.89 Å². The molecule has 8 heteroatoms. The van der Waals surface area contributed by atoms with Crippen LogP contribution in [0, 0.1) is 0 Å². The van der Waals surface area contributed by atoms with Crippen molar-refractivity contribution in [1.82, 2.24) is 20.4 Å². The maximum atomic E-state index is 12.7. The Hall–Kier alpha value is -2.61. The number of nitrogens with one attached hydrogen (secondary N) is 1. The van der Waals surface area contributed by atoms with Gasteiger partial charge < -0.3 is 24.6 Å². The minimum absolute atomic E-state index is 0.0463. The van der Waals surface area contributed by atoms with Crippen LogP contribution in [0.25, 0.3) is 0 Å². The van der Waals surface area contributed by atoms with E-state index in [-0.39, 0.29) is 24.6 Å². The Bertz CT molecular complexity index is 733. The number of methoxy groups -OCH3 is 1. The number of ether oxygens (including phenoxy) is 1. The first-order valence-electron chi connectivity index (χ1n) is 8.82. The fourth-order valence-electron chi connectivity index (χ4n) is 3.21. The van der Waals surface area contributed by atoms with E-state index < -0.39 is 0 Å². The molecule has 1 atom stereocenters. The van der Waals surface area contributed by atoms with Crippen LogP contribution in [0.1, 0.15) is 42.6 Å². The lowest BCUT2D eigenvalue weighted by Gasteiger charge is -2.36. The van der Waals surface area contributed by atoms with Crippen LogP contribution in [0.4, 0.5) is 4.79 Å². The van der Waals surface area contributed by atoms with E-state index in [9.17, 15) is 4.79 Å². The zero-order chi connectivity index (χ0) is 18.4. The molecular formula is C18H24N4O4. The third-order valence-corrected chi connectivity index (χ3v) is 4.51. The van der Waals surface area contributed by atoms with Crippen molar-refractivity contribution in [3.8, 4) is 5.75 Å². The molecule has 1 saturated heterocycles. The van der Waals surface area contributed by atoms with Crippen LogP contribution in [0.15, 0.2) is 28.8 Å². The molecule has 140 valence electrons.